The van der Waals surface area contributed by atoms with Gasteiger partial charge in [0.25, 0.3) is 0 Å². The molecule has 2 rings (SSSR count). The molecule has 1 atom stereocenters. The van der Waals surface area contributed by atoms with Gasteiger partial charge in [0.15, 0.2) is 5.82 Å². The second kappa shape index (κ2) is 3.29. The number of rotatable bonds is 1. The molecular weight excluding hydrogens is 176 g/mol. The van der Waals surface area contributed by atoms with Gasteiger partial charge >= 0.3 is 0 Å². The van der Waals surface area contributed by atoms with Crippen LogP contribution in [0.15, 0.2) is 24.8 Å². The van der Waals surface area contributed by atoms with E-state index in [2.05, 4.69) is 26.7 Å². The van der Waals surface area contributed by atoms with E-state index in [-0.39, 0.29) is 0 Å². The first kappa shape index (κ1) is 8.99. The number of aromatic nitrogens is 2. The highest BCUT2D eigenvalue weighted by molar-refractivity contribution is 5.47. The molecule has 2 heterocycles. The summed E-state index contributed by atoms with van der Waals surface area (Å²) >= 11 is 0. The molecule has 1 aliphatic rings. The van der Waals surface area contributed by atoms with Gasteiger partial charge in [0, 0.05) is 31.8 Å². The van der Waals surface area contributed by atoms with E-state index in [0.717, 1.165) is 11.5 Å². The van der Waals surface area contributed by atoms with Gasteiger partial charge in [-0.05, 0) is 13.8 Å². The van der Waals surface area contributed by atoms with Crippen LogP contribution < -0.4 is 4.90 Å². The Hall–Kier alpha value is -1.58. The SMILES string of the molecule is Cc1nccnc1N1C=CN(C)C1C. The van der Waals surface area contributed by atoms with Crippen LogP contribution in [0.4, 0.5) is 5.82 Å². The van der Waals surface area contributed by atoms with E-state index in [4.69, 9.17) is 0 Å². The molecule has 74 valence electrons. The molecule has 4 heteroatoms. The highest BCUT2D eigenvalue weighted by Crippen LogP contribution is 2.22. The largest absolute Gasteiger partial charge is 0.359 e. The van der Waals surface area contributed by atoms with Crippen molar-refractivity contribution < 1.29 is 0 Å². The number of nitrogens with zero attached hydrogens (tertiary/aromatic N) is 4. The topological polar surface area (TPSA) is 32.3 Å². The Labute approximate surface area is 83.9 Å². The predicted octanol–water partition coefficient (Wildman–Crippen LogP) is 1.35. The number of hydrogen-bond acceptors (Lipinski definition) is 4. The van der Waals surface area contributed by atoms with E-state index in [9.17, 15) is 0 Å². The van der Waals surface area contributed by atoms with Crippen molar-refractivity contribution in [2.75, 3.05) is 11.9 Å². The maximum Gasteiger partial charge on any atom is 0.155 e. The molecule has 0 saturated carbocycles. The van der Waals surface area contributed by atoms with Crippen molar-refractivity contribution in [3.63, 3.8) is 0 Å². The maximum atomic E-state index is 4.33. The van der Waals surface area contributed by atoms with Gasteiger partial charge in [-0.15, -0.1) is 0 Å². The molecule has 0 bridgehead atoms. The number of aryl methyl sites for hydroxylation is 1. The van der Waals surface area contributed by atoms with Crippen LogP contribution in [0.2, 0.25) is 0 Å². The summed E-state index contributed by atoms with van der Waals surface area (Å²) < 4.78 is 0. The third-order valence-corrected chi connectivity index (χ3v) is 2.55. The summed E-state index contributed by atoms with van der Waals surface area (Å²) in [7, 11) is 2.05. The molecule has 0 aromatic carbocycles. The van der Waals surface area contributed by atoms with Crippen molar-refractivity contribution in [1.82, 2.24) is 14.9 Å². The Morgan fingerprint density at radius 2 is 1.93 bits per heavy atom. The normalized spacial score (nSPS) is 20.6. The molecule has 4 nitrogen and oxygen atoms in total. The van der Waals surface area contributed by atoms with Crippen molar-refractivity contribution in [2.45, 2.75) is 20.0 Å². The first-order chi connectivity index (χ1) is 6.70. The fourth-order valence-corrected chi connectivity index (χ4v) is 1.52. The van der Waals surface area contributed by atoms with E-state index >= 15 is 0 Å². The van der Waals surface area contributed by atoms with Gasteiger partial charge < -0.3 is 9.80 Å². The van der Waals surface area contributed by atoms with Gasteiger partial charge in [0.05, 0.1) is 5.69 Å². The summed E-state index contributed by atoms with van der Waals surface area (Å²) in [5, 5.41) is 0. The molecule has 0 aliphatic carbocycles. The molecule has 1 aromatic rings. The van der Waals surface area contributed by atoms with Crippen LogP contribution in [0.1, 0.15) is 12.6 Å². The van der Waals surface area contributed by atoms with E-state index in [1.165, 1.54) is 0 Å². The highest BCUT2D eigenvalue weighted by Gasteiger charge is 2.22. The van der Waals surface area contributed by atoms with Gasteiger partial charge in [-0.25, -0.2) is 4.98 Å². The van der Waals surface area contributed by atoms with Crippen molar-refractivity contribution in [2.24, 2.45) is 0 Å². The number of anilines is 1. The third kappa shape index (κ3) is 1.32. The van der Waals surface area contributed by atoms with Gasteiger partial charge in [-0.2, -0.15) is 0 Å². The Balaban J connectivity index is 2.33. The van der Waals surface area contributed by atoms with Crippen molar-refractivity contribution in [3.8, 4) is 0 Å². The first-order valence-corrected chi connectivity index (χ1v) is 4.66. The van der Waals surface area contributed by atoms with Crippen LogP contribution in [0, 0.1) is 6.92 Å². The molecule has 0 saturated heterocycles. The van der Waals surface area contributed by atoms with Crippen molar-refractivity contribution in [1.29, 1.82) is 0 Å². The zero-order valence-corrected chi connectivity index (χ0v) is 8.68. The maximum absolute atomic E-state index is 4.33. The zero-order chi connectivity index (χ0) is 10.1. The molecule has 0 N–H and O–H groups in total. The van der Waals surface area contributed by atoms with E-state index in [1.807, 2.05) is 26.4 Å². The quantitative estimate of drug-likeness (QED) is 0.669. The summed E-state index contributed by atoms with van der Waals surface area (Å²) in [6.45, 7) is 4.11. The van der Waals surface area contributed by atoms with Gasteiger partial charge in [0.1, 0.15) is 6.17 Å². The Morgan fingerprint density at radius 3 is 2.50 bits per heavy atom. The summed E-state index contributed by atoms with van der Waals surface area (Å²) in [5.74, 6) is 0.931. The zero-order valence-electron chi connectivity index (χ0n) is 8.68. The molecule has 0 amide bonds. The molecular formula is C10H14N4. The van der Waals surface area contributed by atoms with E-state index in [1.54, 1.807) is 12.4 Å². The fourth-order valence-electron chi connectivity index (χ4n) is 1.52. The Kier molecular flexibility index (Phi) is 2.11. The smallest absolute Gasteiger partial charge is 0.155 e. The van der Waals surface area contributed by atoms with Crippen LogP contribution >= 0.6 is 0 Å². The lowest BCUT2D eigenvalue weighted by Crippen LogP contribution is -2.34. The summed E-state index contributed by atoms with van der Waals surface area (Å²) in [4.78, 5) is 12.8. The molecule has 0 fully saturated rings. The molecule has 14 heavy (non-hydrogen) atoms. The Morgan fingerprint density at radius 1 is 1.21 bits per heavy atom. The van der Waals surface area contributed by atoms with Gasteiger partial charge in [0.2, 0.25) is 0 Å². The summed E-state index contributed by atoms with van der Waals surface area (Å²) in [6, 6.07) is 0. The second-order valence-electron chi connectivity index (χ2n) is 3.47. The van der Waals surface area contributed by atoms with E-state index < -0.39 is 0 Å². The monoisotopic (exact) mass is 190 g/mol. The lowest BCUT2D eigenvalue weighted by molar-refractivity contribution is 0.381. The summed E-state index contributed by atoms with van der Waals surface area (Å²) in [5.41, 5.74) is 0.958. The molecule has 1 aromatic heterocycles. The average Bonchev–Trinajstić information content (AvgIpc) is 2.49. The second-order valence-corrected chi connectivity index (χ2v) is 3.47. The number of hydrogen-bond donors (Lipinski definition) is 0. The van der Waals surface area contributed by atoms with Crippen LogP contribution in [-0.2, 0) is 0 Å². The van der Waals surface area contributed by atoms with Crippen LogP contribution in [0.25, 0.3) is 0 Å². The Bertz CT molecular complexity index is 361. The fraction of sp³-hybridized carbons (Fsp3) is 0.400. The minimum absolute atomic E-state index is 0.311. The van der Waals surface area contributed by atoms with Gasteiger partial charge in [-0.1, -0.05) is 0 Å². The van der Waals surface area contributed by atoms with Gasteiger partial charge in [-0.3, -0.25) is 4.98 Å². The lowest BCUT2D eigenvalue weighted by Gasteiger charge is -2.26. The minimum Gasteiger partial charge on any atom is -0.359 e. The minimum atomic E-state index is 0.311. The first-order valence-electron chi connectivity index (χ1n) is 4.66. The molecule has 1 aliphatic heterocycles. The predicted molar refractivity (Wildman–Crippen MR) is 55.6 cm³/mol. The van der Waals surface area contributed by atoms with Crippen LogP contribution in [0.5, 0.6) is 0 Å². The average molecular weight is 190 g/mol. The third-order valence-electron chi connectivity index (χ3n) is 2.55. The molecule has 1 unspecified atom stereocenters. The molecule has 0 spiro atoms. The van der Waals surface area contributed by atoms with Crippen LogP contribution in [-0.4, -0.2) is 28.1 Å². The summed E-state index contributed by atoms with van der Waals surface area (Å²) in [6.07, 6.45) is 7.82. The highest BCUT2D eigenvalue weighted by atomic mass is 15.4. The van der Waals surface area contributed by atoms with Crippen LogP contribution in [0.3, 0.4) is 0 Å². The van der Waals surface area contributed by atoms with E-state index in [0.29, 0.717) is 6.17 Å². The van der Waals surface area contributed by atoms with Crippen molar-refractivity contribution in [3.05, 3.63) is 30.5 Å². The van der Waals surface area contributed by atoms with Crippen molar-refractivity contribution >= 4 is 5.82 Å². The lowest BCUT2D eigenvalue weighted by atomic mass is 10.4. The standard InChI is InChI=1S/C10H14N4/c1-8-10(12-5-4-11-8)14-7-6-13(3)9(14)2/h4-7,9H,1-3H3. The molecule has 0 radical (unpaired) electrons.